The molecule has 0 saturated heterocycles. The van der Waals surface area contributed by atoms with Crippen LogP contribution in [0.5, 0.6) is 0 Å². The predicted molar refractivity (Wildman–Crippen MR) is 107 cm³/mol. The molecule has 6 heteroatoms. The number of amides is 1. The first-order valence-corrected chi connectivity index (χ1v) is 8.90. The normalized spacial score (nSPS) is 13.0. The van der Waals surface area contributed by atoms with Crippen molar-refractivity contribution in [2.75, 3.05) is 0 Å². The standard InChI is InChI=1S/C19H29N3O2S/c1-6-8-9-13(15-10-11-16(17(20)25)22(15)5)12-14(7-2)19(3,4)24-18(21)23/h9-12H,6-8H2,1-5H3,(H2,20,25)(H2,21,23)/b13-9+,14-12+. The van der Waals surface area contributed by atoms with E-state index in [1.54, 1.807) is 0 Å². The van der Waals surface area contributed by atoms with E-state index in [1.807, 2.05) is 44.5 Å². The molecule has 0 aromatic carbocycles. The average molecular weight is 364 g/mol. The number of primary amides is 1. The number of hydrogen-bond acceptors (Lipinski definition) is 3. The second-order valence-corrected chi connectivity index (χ2v) is 6.87. The topological polar surface area (TPSA) is 83.3 Å². The van der Waals surface area contributed by atoms with Crippen LogP contribution in [0.1, 0.15) is 58.3 Å². The van der Waals surface area contributed by atoms with Gasteiger partial charge >= 0.3 is 6.09 Å². The minimum Gasteiger partial charge on any atom is -0.439 e. The number of rotatable bonds is 8. The zero-order valence-electron chi connectivity index (χ0n) is 15.8. The number of thiocarbonyl (C=S) groups is 1. The maximum Gasteiger partial charge on any atom is 0.405 e. The number of hydrogen-bond donors (Lipinski definition) is 2. The van der Waals surface area contributed by atoms with E-state index in [-0.39, 0.29) is 0 Å². The molecule has 1 aromatic rings. The molecule has 1 heterocycles. The van der Waals surface area contributed by atoms with Crippen molar-refractivity contribution in [3.63, 3.8) is 0 Å². The van der Waals surface area contributed by atoms with Gasteiger partial charge in [0.1, 0.15) is 10.6 Å². The van der Waals surface area contributed by atoms with Gasteiger partial charge in [0.15, 0.2) is 0 Å². The number of unbranched alkanes of at least 4 members (excludes halogenated alkanes) is 1. The summed E-state index contributed by atoms with van der Waals surface area (Å²) in [7, 11) is 1.94. The van der Waals surface area contributed by atoms with Gasteiger partial charge in [-0.05, 0) is 50.0 Å². The molecule has 5 nitrogen and oxygen atoms in total. The lowest BCUT2D eigenvalue weighted by atomic mass is 9.92. The molecule has 0 spiro atoms. The summed E-state index contributed by atoms with van der Waals surface area (Å²) in [5, 5.41) is 0. The van der Waals surface area contributed by atoms with Crippen LogP contribution in [0.2, 0.25) is 0 Å². The van der Waals surface area contributed by atoms with E-state index in [0.29, 0.717) is 4.99 Å². The number of carbonyl (C=O) groups is 1. The van der Waals surface area contributed by atoms with Crippen LogP contribution >= 0.6 is 12.2 Å². The van der Waals surface area contributed by atoms with Gasteiger partial charge in [-0.25, -0.2) is 4.79 Å². The molecule has 138 valence electrons. The third kappa shape index (κ3) is 5.46. The van der Waals surface area contributed by atoms with E-state index >= 15 is 0 Å². The third-order valence-electron chi connectivity index (χ3n) is 4.16. The molecular weight excluding hydrogens is 334 g/mol. The summed E-state index contributed by atoms with van der Waals surface area (Å²) in [6, 6.07) is 3.92. The molecule has 0 aliphatic rings. The average Bonchev–Trinajstić information content (AvgIpc) is 2.88. The Hall–Kier alpha value is -2.08. The van der Waals surface area contributed by atoms with Crippen molar-refractivity contribution in [3.8, 4) is 0 Å². The molecule has 1 rings (SSSR count). The van der Waals surface area contributed by atoms with Crippen LogP contribution in [0.25, 0.3) is 5.57 Å². The third-order valence-corrected chi connectivity index (χ3v) is 4.37. The quantitative estimate of drug-likeness (QED) is 0.539. The number of carbonyl (C=O) groups excluding carboxylic acids is 1. The number of allylic oxidation sites excluding steroid dienone is 3. The molecule has 0 unspecified atom stereocenters. The zero-order chi connectivity index (χ0) is 19.2. The summed E-state index contributed by atoms with van der Waals surface area (Å²) in [6.07, 6.45) is 6.17. The van der Waals surface area contributed by atoms with Gasteiger partial charge in [0, 0.05) is 12.7 Å². The maximum atomic E-state index is 11.2. The monoisotopic (exact) mass is 363 g/mol. The van der Waals surface area contributed by atoms with Crippen LogP contribution in [0, 0.1) is 0 Å². The summed E-state index contributed by atoms with van der Waals surface area (Å²) in [5.41, 5.74) is 14.1. The molecule has 1 amide bonds. The van der Waals surface area contributed by atoms with E-state index in [0.717, 1.165) is 41.8 Å². The number of ether oxygens (including phenoxy) is 1. The fraction of sp³-hybridized carbons (Fsp3) is 0.474. The highest BCUT2D eigenvalue weighted by Gasteiger charge is 2.26. The highest BCUT2D eigenvalue weighted by atomic mass is 32.1. The van der Waals surface area contributed by atoms with Gasteiger partial charge in [0.25, 0.3) is 0 Å². The summed E-state index contributed by atoms with van der Waals surface area (Å²) >= 11 is 5.10. The SMILES string of the molecule is CCC/C=C(\C=C(/CC)C(C)(C)OC(N)=O)c1ccc(C(N)=S)n1C. The van der Waals surface area contributed by atoms with E-state index < -0.39 is 11.7 Å². The van der Waals surface area contributed by atoms with Gasteiger partial charge in [-0.15, -0.1) is 0 Å². The molecule has 0 aliphatic heterocycles. The first kappa shape index (κ1) is 21.0. The van der Waals surface area contributed by atoms with Crippen molar-refractivity contribution in [1.82, 2.24) is 4.57 Å². The molecule has 0 bridgehead atoms. The van der Waals surface area contributed by atoms with Gasteiger partial charge in [-0.2, -0.15) is 0 Å². The molecule has 4 N–H and O–H groups in total. The van der Waals surface area contributed by atoms with Crippen molar-refractivity contribution in [2.24, 2.45) is 18.5 Å². The van der Waals surface area contributed by atoms with Gasteiger partial charge in [0.2, 0.25) is 0 Å². The Kier molecular flexibility index (Phi) is 7.42. The van der Waals surface area contributed by atoms with Crippen LogP contribution in [0.4, 0.5) is 4.79 Å². The van der Waals surface area contributed by atoms with Crippen LogP contribution in [0.15, 0.2) is 29.9 Å². The summed E-state index contributed by atoms with van der Waals surface area (Å²) < 4.78 is 7.28. The van der Waals surface area contributed by atoms with Gasteiger partial charge in [-0.3, -0.25) is 0 Å². The zero-order valence-corrected chi connectivity index (χ0v) is 16.6. The lowest BCUT2D eigenvalue weighted by Crippen LogP contribution is -2.33. The van der Waals surface area contributed by atoms with Crippen LogP contribution in [0.3, 0.4) is 0 Å². The maximum absolute atomic E-state index is 11.2. The van der Waals surface area contributed by atoms with Gasteiger partial charge in [0.05, 0.1) is 5.69 Å². The second kappa shape index (κ2) is 8.85. The smallest absolute Gasteiger partial charge is 0.405 e. The largest absolute Gasteiger partial charge is 0.439 e. The van der Waals surface area contributed by atoms with E-state index in [4.69, 9.17) is 28.4 Å². The molecule has 1 aromatic heterocycles. The van der Waals surface area contributed by atoms with Crippen molar-refractivity contribution >= 4 is 28.9 Å². The minimum atomic E-state index is -0.780. The van der Waals surface area contributed by atoms with E-state index in [9.17, 15) is 4.79 Å². The molecule has 0 radical (unpaired) electrons. The molecule has 0 saturated carbocycles. The van der Waals surface area contributed by atoms with Crippen LogP contribution in [-0.2, 0) is 11.8 Å². The Morgan fingerprint density at radius 2 is 1.88 bits per heavy atom. The Bertz CT molecular complexity index is 700. The number of nitrogens with zero attached hydrogens (tertiary/aromatic N) is 1. The van der Waals surface area contributed by atoms with Gasteiger partial charge < -0.3 is 20.8 Å². The van der Waals surface area contributed by atoms with Crippen molar-refractivity contribution in [3.05, 3.63) is 41.2 Å². The first-order valence-electron chi connectivity index (χ1n) is 8.49. The van der Waals surface area contributed by atoms with Crippen LogP contribution in [-0.4, -0.2) is 21.2 Å². The minimum absolute atomic E-state index is 0.362. The van der Waals surface area contributed by atoms with E-state index in [2.05, 4.69) is 19.1 Å². The highest BCUT2D eigenvalue weighted by Crippen LogP contribution is 2.29. The fourth-order valence-corrected chi connectivity index (χ4v) is 3.00. The Balaban J connectivity index is 3.40. The lowest BCUT2D eigenvalue weighted by Gasteiger charge is -2.27. The molecular formula is C19H29N3O2S. The molecule has 0 aliphatic carbocycles. The van der Waals surface area contributed by atoms with Crippen LogP contribution < -0.4 is 11.5 Å². The second-order valence-electron chi connectivity index (χ2n) is 6.43. The molecule has 0 fully saturated rings. The predicted octanol–water partition coefficient (Wildman–Crippen LogP) is 4.05. The van der Waals surface area contributed by atoms with E-state index in [1.165, 1.54) is 0 Å². The summed E-state index contributed by atoms with van der Waals surface area (Å²) in [4.78, 5) is 11.6. The highest BCUT2D eigenvalue weighted by molar-refractivity contribution is 7.80. The lowest BCUT2D eigenvalue weighted by molar-refractivity contribution is 0.0701. The molecule has 0 atom stereocenters. The summed E-state index contributed by atoms with van der Waals surface area (Å²) in [5.74, 6) is 0. The van der Waals surface area contributed by atoms with Crippen molar-refractivity contribution in [2.45, 2.75) is 52.6 Å². The first-order chi connectivity index (χ1) is 11.6. The Morgan fingerprint density at radius 1 is 1.28 bits per heavy atom. The summed E-state index contributed by atoms with van der Waals surface area (Å²) in [6.45, 7) is 7.84. The Labute approximate surface area is 155 Å². The number of aromatic nitrogens is 1. The number of nitrogens with two attached hydrogens (primary N) is 2. The van der Waals surface area contributed by atoms with Crippen molar-refractivity contribution < 1.29 is 9.53 Å². The van der Waals surface area contributed by atoms with Gasteiger partial charge in [-0.1, -0.05) is 44.6 Å². The van der Waals surface area contributed by atoms with Crippen molar-refractivity contribution in [1.29, 1.82) is 0 Å². The Morgan fingerprint density at radius 3 is 2.32 bits per heavy atom. The molecule has 25 heavy (non-hydrogen) atoms. The fourth-order valence-electron chi connectivity index (χ4n) is 2.79.